The molecule has 0 aliphatic heterocycles. The van der Waals surface area contributed by atoms with Crippen molar-refractivity contribution >= 4 is 5.78 Å². The Bertz CT molecular complexity index is 225. The third-order valence-corrected chi connectivity index (χ3v) is 3.63. The van der Waals surface area contributed by atoms with E-state index in [-0.39, 0.29) is 5.92 Å². The van der Waals surface area contributed by atoms with Crippen LogP contribution in [0.3, 0.4) is 0 Å². The maximum Gasteiger partial charge on any atom is 0.137 e. The molecule has 1 saturated carbocycles. The van der Waals surface area contributed by atoms with Gasteiger partial charge >= 0.3 is 0 Å². The molecule has 1 unspecified atom stereocenters. The lowest BCUT2D eigenvalue weighted by atomic mass is 9.98. The highest BCUT2D eigenvalue weighted by Gasteiger charge is 2.22. The third kappa shape index (κ3) is 5.94. The molecular formula is C14H27NO3. The summed E-state index contributed by atoms with van der Waals surface area (Å²) in [6.45, 7) is 4.05. The molecule has 0 saturated heterocycles. The highest BCUT2D eigenvalue weighted by molar-refractivity contribution is 5.81. The first-order valence-electron chi connectivity index (χ1n) is 7.01. The highest BCUT2D eigenvalue weighted by Crippen LogP contribution is 2.20. The summed E-state index contributed by atoms with van der Waals surface area (Å²) in [5, 5.41) is 0. The second-order valence-corrected chi connectivity index (χ2v) is 5.05. The van der Waals surface area contributed by atoms with E-state index in [2.05, 4.69) is 4.90 Å². The molecule has 0 aromatic heterocycles. The first-order valence-corrected chi connectivity index (χ1v) is 7.01. The van der Waals surface area contributed by atoms with Gasteiger partial charge in [0, 0.05) is 46.2 Å². The number of hydrogen-bond donors (Lipinski definition) is 0. The first-order chi connectivity index (χ1) is 8.77. The summed E-state index contributed by atoms with van der Waals surface area (Å²) in [6, 6.07) is 0. The molecule has 0 aromatic rings. The summed E-state index contributed by atoms with van der Waals surface area (Å²) >= 11 is 0. The molecule has 1 atom stereocenters. The van der Waals surface area contributed by atoms with Crippen LogP contribution in [0.5, 0.6) is 0 Å². The van der Waals surface area contributed by atoms with Gasteiger partial charge in [-0.15, -0.1) is 0 Å². The fourth-order valence-corrected chi connectivity index (χ4v) is 2.47. The first kappa shape index (κ1) is 15.6. The minimum Gasteiger partial charge on any atom is -0.383 e. The Balaban J connectivity index is 2.42. The van der Waals surface area contributed by atoms with Gasteiger partial charge < -0.3 is 9.47 Å². The van der Waals surface area contributed by atoms with Crippen LogP contribution in [-0.2, 0) is 14.3 Å². The van der Waals surface area contributed by atoms with E-state index < -0.39 is 0 Å². The minimum absolute atomic E-state index is 0.223. The number of hydrogen-bond acceptors (Lipinski definition) is 4. The van der Waals surface area contributed by atoms with Gasteiger partial charge in [-0.25, -0.2) is 0 Å². The van der Waals surface area contributed by atoms with Crippen molar-refractivity contribution in [1.82, 2.24) is 4.90 Å². The standard InChI is InChI=1S/C14H27NO3/c1-17-10-8-15(9-11-18-2)12-13-6-4-3-5-7-14(13)16/h13H,3-12H2,1-2H3. The normalized spacial score (nSPS) is 21.3. The van der Waals surface area contributed by atoms with Crippen molar-refractivity contribution in [2.75, 3.05) is 47.1 Å². The fraction of sp³-hybridized carbons (Fsp3) is 0.929. The van der Waals surface area contributed by atoms with Crippen LogP contribution < -0.4 is 0 Å². The predicted molar refractivity (Wildman–Crippen MR) is 71.8 cm³/mol. The van der Waals surface area contributed by atoms with Gasteiger partial charge in [0.1, 0.15) is 5.78 Å². The minimum atomic E-state index is 0.223. The largest absolute Gasteiger partial charge is 0.383 e. The van der Waals surface area contributed by atoms with Crippen molar-refractivity contribution in [3.05, 3.63) is 0 Å². The second kappa shape index (κ2) is 9.48. The van der Waals surface area contributed by atoms with Gasteiger partial charge in [0.15, 0.2) is 0 Å². The van der Waals surface area contributed by atoms with Crippen LogP contribution in [0, 0.1) is 5.92 Å². The van der Waals surface area contributed by atoms with Crippen LogP contribution >= 0.6 is 0 Å². The van der Waals surface area contributed by atoms with Crippen LogP contribution in [0.4, 0.5) is 0 Å². The topological polar surface area (TPSA) is 38.8 Å². The maximum atomic E-state index is 12.0. The Morgan fingerprint density at radius 3 is 2.39 bits per heavy atom. The van der Waals surface area contributed by atoms with Crippen LogP contribution in [0.25, 0.3) is 0 Å². The molecule has 4 nitrogen and oxygen atoms in total. The number of methoxy groups -OCH3 is 2. The summed E-state index contributed by atoms with van der Waals surface area (Å²) in [5.74, 6) is 0.675. The Morgan fingerprint density at radius 1 is 1.11 bits per heavy atom. The molecule has 1 aliphatic rings. The van der Waals surface area contributed by atoms with Crippen LogP contribution in [0.1, 0.15) is 32.1 Å². The Morgan fingerprint density at radius 2 is 1.78 bits per heavy atom. The molecule has 1 fully saturated rings. The van der Waals surface area contributed by atoms with Crippen molar-refractivity contribution < 1.29 is 14.3 Å². The van der Waals surface area contributed by atoms with E-state index in [1.54, 1.807) is 14.2 Å². The molecule has 0 bridgehead atoms. The quantitative estimate of drug-likeness (QED) is 0.621. The zero-order valence-electron chi connectivity index (χ0n) is 11.8. The van der Waals surface area contributed by atoms with Crippen molar-refractivity contribution in [2.45, 2.75) is 32.1 Å². The van der Waals surface area contributed by atoms with Gasteiger partial charge in [-0.05, 0) is 12.8 Å². The molecule has 0 aromatic carbocycles. The second-order valence-electron chi connectivity index (χ2n) is 5.05. The van der Waals surface area contributed by atoms with Crippen LogP contribution in [-0.4, -0.2) is 57.8 Å². The molecule has 18 heavy (non-hydrogen) atoms. The van der Waals surface area contributed by atoms with E-state index in [4.69, 9.17) is 9.47 Å². The molecule has 106 valence electrons. The van der Waals surface area contributed by atoms with E-state index in [1.165, 1.54) is 12.8 Å². The molecule has 4 heteroatoms. The van der Waals surface area contributed by atoms with Crippen molar-refractivity contribution in [1.29, 1.82) is 0 Å². The molecule has 0 spiro atoms. The van der Waals surface area contributed by atoms with Gasteiger partial charge in [0.25, 0.3) is 0 Å². The highest BCUT2D eigenvalue weighted by atomic mass is 16.5. The molecule has 0 radical (unpaired) electrons. The Hall–Kier alpha value is -0.450. The van der Waals surface area contributed by atoms with E-state index in [0.29, 0.717) is 19.0 Å². The van der Waals surface area contributed by atoms with Gasteiger partial charge in [0.2, 0.25) is 0 Å². The van der Waals surface area contributed by atoms with E-state index in [9.17, 15) is 4.79 Å². The summed E-state index contributed by atoms with van der Waals surface area (Å²) in [7, 11) is 3.43. The average molecular weight is 257 g/mol. The SMILES string of the molecule is COCCN(CCOC)CC1CCCCCC1=O. The molecule has 0 amide bonds. The molecule has 1 rings (SSSR count). The fourth-order valence-electron chi connectivity index (χ4n) is 2.47. The van der Waals surface area contributed by atoms with Gasteiger partial charge in [-0.3, -0.25) is 9.69 Å². The van der Waals surface area contributed by atoms with Gasteiger partial charge in [0.05, 0.1) is 13.2 Å². The lowest BCUT2D eigenvalue weighted by molar-refractivity contribution is -0.123. The van der Waals surface area contributed by atoms with Crippen molar-refractivity contribution in [3.8, 4) is 0 Å². The smallest absolute Gasteiger partial charge is 0.137 e. The zero-order chi connectivity index (χ0) is 13.2. The summed E-state index contributed by atoms with van der Waals surface area (Å²) in [5.41, 5.74) is 0. The Labute approximate surface area is 111 Å². The lowest BCUT2D eigenvalue weighted by Crippen LogP contribution is -2.37. The molecule has 0 N–H and O–H groups in total. The van der Waals surface area contributed by atoms with Crippen molar-refractivity contribution in [2.24, 2.45) is 5.92 Å². The predicted octanol–water partition coefficient (Wildman–Crippen LogP) is 1.73. The monoisotopic (exact) mass is 257 g/mol. The van der Waals surface area contributed by atoms with Crippen molar-refractivity contribution in [3.63, 3.8) is 0 Å². The summed E-state index contributed by atoms with van der Waals surface area (Å²) < 4.78 is 10.3. The summed E-state index contributed by atoms with van der Waals surface area (Å²) in [6.07, 6.45) is 5.30. The molecule has 0 heterocycles. The number of carbonyl (C=O) groups excluding carboxylic acids is 1. The lowest BCUT2D eigenvalue weighted by Gasteiger charge is -2.25. The number of carbonyl (C=O) groups is 1. The number of rotatable bonds is 8. The third-order valence-electron chi connectivity index (χ3n) is 3.63. The van der Waals surface area contributed by atoms with Crippen LogP contribution in [0.2, 0.25) is 0 Å². The summed E-state index contributed by atoms with van der Waals surface area (Å²) in [4.78, 5) is 14.3. The van der Waals surface area contributed by atoms with Crippen LogP contribution in [0.15, 0.2) is 0 Å². The van der Waals surface area contributed by atoms with E-state index in [1.807, 2.05) is 0 Å². The number of ether oxygens (including phenoxy) is 2. The van der Waals surface area contributed by atoms with Gasteiger partial charge in [-0.1, -0.05) is 12.8 Å². The average Bonchev–Trinajstić information content (AvgIpc) is 2.58. The number of ketones is 1. The number of nitrogens with zero attached hydrogens (tertiary/aromatic N) is 1. The Kier molecular flexibility index (Phi) is 8.22. The van der Waals surface area contributed by atoms with E-state index in [0.717, 1.165) is 38.9 Å². The molecule has 1 aliphatic carbocycles. The zero-order valence-corrected chi connectivity index (χ0v) is 11.8. The van der Waals surface area contributed by atoms with Gasteiger partial charge in [-0.2, -0.15) is 0 Å². The maximum absolute atomic E-state index is 12.0. The molecular weight excluding hydrogens is 230 g/mol. The number of Topliss-reactive ketones (excluding diaryl/α,β-unsaturated/α-hetero) is 1. The van der Waals surface area contributed by atoms with E-state index >= 15 is 0 Å².